The number of carbonyl (C=O) groups is 1. The molecule has 1 heterocycles. The number of carbonyl (C=O) groups excluding carboxylic acids is 1. The molecule has 1 amide bonds. The van der Waals surface area contributed by atoms with Crippen LogP contribution in [0.3, 0.4) is 0 Å². The fourth-order valence-corrected chi connectivity index (χ4v) is 5.73. The molecule has 4 nitrogen and oxygen atoms in total. The summed E-state index contributed by atoms with van der Waals surface area (Å²) in [5.74, 6) is 2.92. The van der Waals surface area contributed by atoms with Crippen LogP contribution in [-0.4, -0.2) is 50.2 Å². The molecule has 1 aliphatic heterocycles. The maximum absolute atomic E-state index is 12.8. The quantitative estimate of drug-likeness (QED) is 0.856. The summed E-state index contributed by atoms with van der Waals surface area (Å²) in [4.78, 5) is 15.2. The van der Waals surface area contributed by atoms with Crippen molar-refractivity contribution < 1.29 is 9.53 Å². The van der Waals surface area contributed by atoms with E-state index in [2.05, 4.69) is 10.2 Å². The standard InChI is InChI=1S/C17H28N2O2/c20-16(18-1-2-19-3-5-21-6-4-19)17-10-13-7-14(11-17)9-15(8-13)12-17/h13-15H,1-12H2,(H,18,20). The third kappa shape index (κ3) is 2.72. The summed E-state index contributed by atoms with van der Waals surface area (Å²) in [6.07, 6.45) is 7.72. The number of nitrogens with one attached hydrogen (secondary N) is 1. The summed E-state index contributed by atoms with van der Waals surface area (Å²) >= 11 is 0. The van der Waals surface area contributed by atoms with Gasteiger partial charge in [0.25, 0.3) is 0 Å². The van der Waals surface area contributed by atoms with Crippen molar-refractivity contribution >= 4 is 5.91 Å². The lowest BCUT2D eigenvalue weighted by atomic mass is 9.49. The van der Waals surface area contributed by atoms with Gasteiger partial charge in [-0.05, 0) is 56.3 Å². The maximum Gasteiger partial charge on any atom is 0.226 e. The lowest BCUT2D eigenvalue weighted by molar-refractivity contribution is -0.146. The Hall–Kier alpha value is -0.610. The second kappa shape index (κ2) is 5.54. The summed E-state index contributed by atoms with van der Waals surface area (Å²) in [6.45, 7) is 5.47. The minimum absolute atomic E-state index is 0.0137. The van der Waals surface area contributed by atoms with Crippen LogP contribution in [0.2, 0.25) is 0 Å². The molecule has 0 aromatic heterocycles. The van der Waals surface area contributed by atoms with Crippen molar-refractivity contribution in [2.24, 2.45) is 23.2 Å². The van der Waals surface area contributed by atoms with E-state index in [0.29, 0.717) is 5.91 Å². The lowest BCUT2D eigenvalue weighted by Gasteiger charge is -2.55. The van der Waals surface area contributed by atoms with E-state index in [1.807, 2.05) is 0 Å². The molecule has 4 aliphatic carbocycles. The summed E-state index contributed by atoms with van der Waals surface area (Å²) < 4.78 is 5.36. The molecular weight excluding hydrogens is 264 g/mol. The fraction of sp³-hybridized carbons (Fsp3) is 0.941. The smallest absolute Gasteiger partial charge is 0.226 e. The molecule has 4 heteroatoms. The summed E-state index contributed by atoms with van der Waals surface area (Å²) in [7, 11) is 0. The van der Waals surface area contributed by atoms with E-state index in [-0.39, 0.29) is 5.41 Å². The third-order valence-corrected chi connectivity index (χ3v) is 6.34. The zero-order valence-electron chi connectivity index (χ0n) is 13.0. The highest BCUT2D eigenvalue weighted by atomic mass is 16.5. The van der Waals surface area contributed by atoms with Crippen LogP contribution in [0.1, 0.15) is 38.5 Å². The zero-order valence-corrected chi connectivity index (χ0v) is 13.0. The fourth-order valence-electron chi connectivity index (χ4n) is 5.73. The minimum Gasteiger partial charge on any atom is -0.379 e. The predicted molar refractivity (Wildman–Crippen MR) is 80.9 cm³/mol. The van der Waals surface area contributed by atoms with Crippen LogP contribution in [0, 0.1) is 23.2 Å². The average Bonchev–Trinajstić information content (AvgIpc) is 2.47. The lowest BCUT2D eigenvalue weighted by Crippen LogP contribution is -2.54. The van der Waals surface area contributed by atoms with Gasteiger partial charge in [0.1, 0.15) is 0 Å². The number of rotatable bonds is 4. The average molecular weight is 292 g/mol. The van der Waals surface area contributed by atoms with E-state index in [9.17, 15) is 4.79 Å². The topological polar surface area (TPSA) is 41.6 Å². The Morgan fingerprint density at radius 3 is 2.19 bits per heavy atom. The summed E-state index contributed by atoms with van der Waals surface area (Å²) in [6, 6.07) is 0. The predicted octanol–water partition coefficient (Wildman–Crippen LogP) is 1.65. The van der Waals surface area contributed by atoms with Crippen LogP contribution in [0.4, 0.5) is 0 Å². The highest BCUT2D eigenvalue weighted by Crippen LogP contribution is 2.60. The van der Waals surface area contributed by atoms with Crippen LogP contribution < -0.4 is 5.32 Å². The molecule has 0 aromatic rings. The molecule has 0 unspecified atom stereocenters. The molecule has 0 spiro atoms. The van der Waals surface area contributed by atoms with Crippen molar-refractivity contribution in [1.29, 1.82) is 0 Å². The Balaban J connectivity index is 1.30. The van der Waals surface area contributed by atoms with E-state index >= 15 is 0 Å². The Morgan fingerprint density at radius 2 is 1.62 bits per heavy atom. The van der Waals surface area contributed by atoms with Crippen LogP contribution in [-0.2, 0) is 9.53 Å². The van der Waals surface area contributed by atoms with E-state index in [0.717, 1.165) is 57.1 Å². The molecule has 1 saturated heterocycles. The van der Waals surface area contributed by atoms with Crippen LogP contribution in [0.5, 0.6) is 0 Å². The van der Waals surface area contributed by atoms with Crippen molar-refractivity contribution in [1.82, 2.24) is 10.2 Å². The van der Waals surface area contributed by atoms with Gasteiger partial charge in [-0.3, -0.25) is 9.69 Å². The first-order valence-corrected chi connectivity index (χ1v) is 8.82. The van der Waals surface area contributed by atoms with E-state index in [1.165, 1.54) is 38.5 Å². The first kappa shape index (κ1) is 14.0. The number of amides is 1. The zero-order chi connectivity index (χ0) is 14.3. The molecule has 0 radical (unpaired) electrons. The highest BCUT2D eigenvalue weighted by Gasteiger charge is 2.54. The number of nitrogens with zero attached hydrogens (tertiary/aromatic N) is 1. The summed E-state index contributed by atoms with van der Waals surface area (Å²) in [5, 5.41) is 3.27. The Labute approximate surface area is 127 Å². The van der Waals surface area contributed by atoms with Gasteiger partial charge in [-0.25, -0.2) is 0 Å². The molecule has 4 saturated carbocycles. The van der Waals surface area contributed by atoms with E-state index in [4.69, 9.17) is 4.74 Å². The van der Waals surface area contributed by atoms with Gasteiger partial charge in [0, 0.05) is 31.6 Å². The second-order valence-corrected chi connectivity index (χ2v) is 7.91. The first-order chi connectivity index (χ1) is 10.2. The first-order valence-electron chi connectivity index (χ1n) is 8.82. The van der Waals surface area contributed by atoms with Crippen molar-refractivity contribution in [2.45, 2.75) is 38.5 Å². The number of ether oxygens (including phenoxy) is 1. The van der Waals surface area contributed by atoms with Gasteiger partial charge in [0.2, 0.25) is 5.91 Å². The molecule has 4 bridgehead atoms. The molecule has 118 valence electrons. The van der Waals surface area contributed by atoms with Crippen molar-refractivity contribution in [3.63, 3.8) is 0 Å². The van der Waals surface area contributed by atoms with E-state index < -0.39 is 0 Å². The number of morpholine rings is 1. The summed E-state index contributed by atoms with van der Waals surface area (Å²) in [5.41, 5.74) is 0.0137. The third-order valence-electron chi connectivity index (χ3n) is 6.34. The Morgan fingerprint density at radius 1 is 1.05 bits per heavy atom. The van der Waals surface area contributed by atoms with E-state index in [1.54, 1.807) is 0 Å². The van der Waals surface area contributed by atoms with Gasteiger partial charge in [-0.2, -0.15) is 0 Å². The van der Waals surface area contributed by atoms with Crippen LogP contribution in [0.15, 0.2) is 0 Å². The molecule has 1 N–H and O–H groups in total. The Bertz CT molecular complexity index is 368. The SMILES string of the molecule is O=C(NCCN1CCOCC1)C12CC3CC(CC(C3)C1)C2. The Kier molecular flexibility index (Phi) is 3.70. The molecule has 0 aromatic carbocycles. The van der Waals surface area contributed by atoms with Crippen molar-refractivity contribution in [3.8, 4) is 0 Å². The van der Waals surface area contributed by atoms with Gasteiger partial charge in [-0.1, -0.05) is 0 Å². The van der Waals surface area contributed by atoms with Gasteiger partial charge < -0.3 is 10.1 Å². The molecule has 5 rings (SSSR count). The van der Waals surface area contributed by atoms with Crippen molar-refractivity contribution in [2.75, 3.05) is 39.4 Å². The minimum atomic E-state index is 0.0137. The molecule has 5 aliphatic rings. The molecular formula is C17H28N2O2. The normalized spacial score (nSPS) is 42.2. The number of hydrogen-bond acceptors (Lipinski definition) is 3. The largest absolute Gasteiger partial charge is 0.379 e. The van der Waals surface area contributed by atoms with Gasteiger partial charge in [0.15, 0.2) is 0 Å². The molecule has 0 atom stereocenters. The van der Waals surface area contributed by atoms with Gasteiger partial charge >= 0.3 is 0 Å². The van der Waals surface area contributed by atoms with Crippen LogP contribution >= 0.6 is 0 Å². The molecule has 21 heavy (non-hydrogen) atoms. The van der Waals surface area contributed by atoms with Crippen molar-refractivity contribution in [3.05, 3.63) is 0 Å². The maximum atomic E-state index is 12.8. The van der Waals surface area contributed by atoms with Gasteiger partial charge in [0.05, 0.1) is 13.2 Å². The van der Waals surface area contributed by atoms with Gasteiger partial charge in [-0.15, -0.1) is 0 Å². The van der Waals surface area contributed by atoms with Crippen LogP contribution in [0.25, 0.3) is 0 Å². The molecule has 5 fully saturated rings. The highest BCUT2D eigenvalue weighted by molar-refractivity contribution is 5.83. The second-order valence-electron chi connectivity index (χ2n) is 7.91. The number of hydrogen-bond donors (Lipinski definition) is 1. The monoisotopic (exact) mass is 292 g/mol.